The van der Waals surface area contributed by atoms with Crippen LogP contribution in [0.3, 0.4) is 0 Å². The molecule has 1 aliphatic heterocycles. The Balaban J connectivity index is 1.47. The number of hydrogen-bond donors (Lipinski definition) is 1. The van der Waals surface area contributed by atoms with Gasteiger partial charge >= 0.3 is 0 Å². The summed E-state index contributed by atoms with van der Waals surface area (Å²) < 4.78 is 0. The van der Waals surface area contributed by atoms with Crippen LogP contribution in [0.4, 0.5) is 0 Å². The molecule has 1 N–H and O–H groups in total. The average Bonchev–Trinajstić information content (AvgIpc) is 3.28. The number of nitrogens with one attached hydrogen (secondary N) is 1. The topological polar surface area (TPSA) is 66.5 Å². The molecule has 1 heterocycles. The van der Waals surface area contributed by atoms with Gasteiger partial charge in [-0.3, -0.25) is 24.6 Å². The highest BCUT2D eigenvalue weighted by Crippen LogP contribution is 2.41. The largest absolute Gasteiger partial charge is 0.297 e. The summed E-state index contributed by atoms with van der Waals surface area (Å²) in [7, 11) is 0. The van der Waals surface area contributed by atoms with Crippen LogP contribution < -0.4 is 5.32 Å². The molecule has 0 bridgehead atoms. The van der Waals surface area contributed by atoms with Crippen molar-refractivity contribution in [3.63, 3.8) is 0 Å². The smallest absolute Gasteiger partial charge is 0.257 e. The number of imide groups is 1. The molecule has 1 saturated carbocycles. The van der Waals surface area contributed by atoms with E-state index in [0.29, 0.717) is 18.5 Å². The highest BCUT2D eigenvalue weighted by molar-refractivity contribution is 6.06. The molecular formula is C27H32N2O3. The van der Waals surface area contributed by atoms with E-state index >= 15 is 0 Å². The van der Waals surface area contributed by atoms with Gasteiger partial charge in [0.05, 0.1) is 18.0 Å². The van der Waals surface area contributed by atoms with Crippen LogP contribution in [-0.2, 0) is 15.0 Å². The first-order chi connectivity index (χ1) is 15.5. The SMILES string of the molecule is Cc1ccc(C2(C(=O)CN3CCC[C@H]3C(=O)NC(=O)c3ccccc3)CCCCC2)cc1. The molecule has 0 radical (unpaired) electrons. The Bertz CT molecular complexity index is 962. The van der Waals surface area contributed by atoms with E-state index in [1.807, 2.05) is 11.0 Å². The Morgan fingerprint density at radius 1 is 0.938 bits per heavy atom. The average molecular weight is 433 g/mol. The third kappa shape index (κ3) is 4.68. The van der Waals surface area contributed by atoms with Crippen LogP contribution in [0.2, 0.25) is 0 Å². The fraction of sp³-hybridized carbons (Fsp3) is 0.444. The highest BCUT2D eigenvalue weighted by Gasteiger charge is 2.43. The molecule has 1 aliphatic carbocycles. The number of benzene rings is 2. The molecule has 0 aromatic heterocycles. The van der Waals surface area contributed by atoms with Crippen LogP contribution in [0.1, 0.15) is 66.4 Å². The molecule has 5 nitrogen and oxygen atoms in total. The predicted molar refractivity (Wildman–Crippen MR) is 124 cm³/mol. The molecule has 2 amide bonds. The first-order valence-corrected chi connectivity index (χ1v) is 11.7. The van der Waals surface area contributed by atoms with E-state index in [1.54, 1.807) is 24.3 Å². The minimum Gasteiger partial charge on any atom is -0.297 e. The number of carbonyl (C=O) groups is 3. The molecule has 1 saturated heterocycles. The van der Waals surface area contributed by atoms with Gasteiger partial charge < -0.3 is 0 Å². The lowest BCUT2D eigenvalue weighted by molar-refractivity contribution is -0.129. The first-order valence-electron chi connectivity index (χ1n) is 11.7. The minimum atomic E-state index is -0.463. The lowest BCUT2D eigenvalue weighted by Crippen LogP contribution is -2.50. The molecule has 2 aromatic carbocycles. The van der Waals surface area contributed by atoms with Crippen molar-refractivity contribution in [3.05, 3.63) is 71.3 Å². The van der Waals surface area contributed by atoms with E-state index in [9.17, 15) is 14.4 Å². The van der Waals surface area contributed by atoms with Crippen molar-refractivity contribution in [1.82, 2.24) is 10.2 Å². The van der Waals surface area contributed by atoms with E-state index in [2.05, 4.69) is 36.5 Å². The summed E-state index contributed by atoms with van der Waals surface area (Å²) in [6.45, 7) is 3.02. The van der Waals surface area contributed by atoms with Crippen LogP contribution in [0.15, 0.2) is 54.6 Å². The van der Waals surface area contributed by atoms with Crippen LogP contribution in [0, 0.1) is 6.92 Å². The minimum absolute atomic E-state index is 0.204. The fourth-order valence-corrected chi connectivity index (χ4v) is 5.26. The van der Waals surface area contributed by atoms with E-state index in [0.717, 1.165) is 44.1 Å². The van der Waals surface area contributed by atoms with Gasteiger partial charge in [0, 0.05) is 5.56 Å². The molecule has 32 heavy (non-hydrogen) atoms. The van der Waals surface area contributed by atoms with Crippen LogP contribution in [-0.4, -0.2) is 41.6 Å². The predicted octanol–water partition coefficient (Wildman–Crippen LogP) is 4.19. The van der Waals surface area contributed by atoms with Crippen molar-refractivity contribution in [1.29, 1.82) is 0 Å². The van der Waals surface area contributed by atoms with Crippen LogP contribution in [0.25, 0.3) is 0 Å². The third-order valence-electron chi connectivity index (χ3n) is 7.13. The Morgan fingerprint density at radius 2 is 1.62 bits per heavy atom. The lowest BCUT2D eigenvalue weighted by Gasteiger charge is -2.38. The van der Waals surface area contributed by atoms with Crippen molar-refractivity contribution in [2.24, 2.45) is 0 Å². The van der Waals surface area contributed by atoms with Crippen LogP contribution in [0.5, 0.6) is 0 Å². The van der Waals surface area contributed by atoms with Gasteiger partial charge in [0.1, 0.15) is 0 Å². The van der Waals surface area contributed by atoms with Crippen molar-refractivity contribution < 1.29 is 14.4 Å². The second-order valence-electron chi connectivity index (χ2n) is 9.24. The Hall–Kier alpha value is -2.79. The van der Waals surface area contributed by atoms with Gasteiger partial charge in [-0.15, -0.1) is 0 Å². The highest BCUT2D eigenvalue weighted by atomic mass is 16.2. The molecular weight excluding hydrogens is 400 g/mol. The number of rotatable bonds is 6. The number of nitrogens with zero attached hydrogens (tertiary/aromatic N) is 1. The lowest BCUT2D eigenvalue weighted by atomic mass is 9.66. The number of likely N-dealkylation sites (tertiary alicyclic amines) is 1. The summed E-state index contributed by atoms with van der Waals surface area (Å²) in [5, 5.41) is 2.54. The van der Waals surface area contributed by atoms with Crippen LogP contribution >= 0.6 is 0 Å². The molecule has 0 unspecified atom stereocenters. The first kappa shape index (κ1) is 22.4. The van der Waals surface area contributed by atoms with Gasteiger partial charge in [-0.25, -0.2) is 0 Å². The molecule has 5 heteroatoms. The van der Waals surface area contributed by atoms with Crippen molar-refractivity contribution in [2.45, 2.75) is 63.3 Å². The van der Waals surface area contributed by atoms with Gasteiger partial charge in [-0.1, -0.05) is 67.3 Å². The standard InChI is InChI=1S/C27H32N2O3/c1-20-12-14-22(15-13-20)27(16-6-3-7-17-27)24(30)19-29-18-8-11-23(29)26(32)28-25(31)21-9-4-2-5-10-21/h2,4-5,9-10,12-15,23H,3,6-8,11,16-19H2,1H3,(H,28,31,32)/t23-/m0/s1. The molecule has 1 atom stereocenters. The number of Topliss-reactive ketones (excluding diaryl/α,β-unsaturated/α-hetero) is 1. The molecule has 168 valence electrons. The molecule has 4 rings (SSSR count). The van der Waals surface area contributed by atoms with Crippen molar-refractivity contribution in [3.8, 4) is 0 Å². The summed E-state index contributed by atoms with van der Waals surface area (Å²) in [5.74, 6) is -0.496. The van der Waals surface area contributed by atoms with E-state index in [1.165, 1.54) is 5.56 Å². The Morgan fingerprint density at radius 3 is 2.31 bits per heavy atom. The zero-order valence-corrected chi connectivity index (χ0v) is 18.8. The number of amides is 2. The van der Waals surface area contributed by atoms with Crippen molar-refractivity contribution in [2.75, 3.05) is 13.1 Å². The van der Waals surface area contributed by atoms with Crippen molar-refractivity contribution >= 4 is 17.6 Å². The maximum absolute atomic E-state index is 13.7. The summed E-state index contributed by atoms with van der Waals surface area (Å²) in [5.41, 5.74) is 2.29. The quantitative estimate of drug-likeness (QED) is 0.695. The number of ketones is 1. The number of aryl methyl sites for hydroxylation is 1. The maximum Gasteiger partial charge on any atom is 0.257 e. The zero-order valence-electron chi connectivity index (χ0n) is 18.8. The summed E-state index contributed by atoms with van der Waals surface area (Å²) in [6.07, 6.45) is 6.51. The molecule has 2 aromatic rings. The number of carbonyl (C=O) groups excluding carboxylic acids is 3. The maximum atomic E-state index is 13.7. The summed E-state index contributed by atoms with van der Waals surface area (Å²) >= 11 is 0. The van der Waals surface area contributed by atoms with E-state index in [4.69, 9.17) is 0 Å². The van der Waals surface area contributed by atoms with Gasteiger partial charge in [0.25, 0.3) is 5.91 Å². The van der Waals surface area contributed by atoms with Gasteiger partial charge in [0.15, 0.2) is 5.78 Å². The van der Waals surface area contributed by atoms with Gasteiger partial charge in [0.2, 0.25) is 5.91 Å². The normalized spacial score (nSPS) is 20.6. The van der Waals surface area contributed by atoms with Gasteiger partial charge in [-0.05, 0) is 56.8 Å². The molecule has 2 aliphatic rings. The summed E-state index contributed by atoms with van der Waals surface area (Å²) in [4.78, 5) is 41.0. The van der Waals surface area contributed by atoms with E-state index < -0.39 is 17.4 Å². The Labute approximate surface area is 190 Å². The Kier molecular flexibility index (Phi) is 6.85. The van der Waals surface area contributed by atoms with E-state index in [-0.39, 0.29) is 18.2 Å². The fourth-order valence-electron chi connectivity index (χ4n) is 5.26. The number of hydrogen-bond acceptors (Lipinski definition) is 4. The zero-order chi connectivity index (χ0) is 22.6. The second-order valence-corrected chi connectivity index (χ2v) is 9.24. The molecule has 2 fully saturated rings. The second kappa shape index (κ2) is 9.78. The third-order valence-corrected chi connectivity index (χ3v) is 7.13. The molecule has 0 spiro atoms. The van der Waals surface area contributed by atoms with Gasteiger partial charge in [-0.2, -0.15) is 0 Å². The monoisotopic (exact) mass is 432 g/mol. The summed E-state index contributed by atoms with van der Waals surface area (Å²) in [6, 6.07) is 16.7.